The Morgan fingerprint density at radius 1 is 1.53 bits per heavy atom. The highest BCUT2D eigenvalue weighted by atomic mass is 32.1. The number of allylic oxidation sites excluding steroid dienone is 1. The zero-order valence-corrected chi connectivity index (χ0v) is 10.6. The zero-order chi connectivity index (χ0) is 12.7. The molecule has 0 aliphatic heterocycles. The van der Waals surface area contributed by atoms with Gasteiger partial charge >= 0.3 is 0 Å². The van der Waals surface area contributed by atoms with Crippen molar-refractivity contribution < 1.29 is 4.74 Å². The third-order valence-corrected chi connectivity index (χ3v) is 2.04. The molecule has 0 bridgehead atoms. The normalized spacial score (nSPS) is 11.5. The van der Waals surface area contributed by atoms with Crippen LogP contribution in [-0.2, 0) is 0 Å². The maximum atomic E-state index is 5.26. The minimum atomic E-state index is 0.152. The first kappa shape index (κ1) is 13.2. The molecule has 17 heavy (non-hydrogen) atoms. The zero-order valence-electron chi connectivity index (χ0n) is 9.81. The summed E-state index contributed by atoms with van der Waals surface area (Å²) in [6.45, 7) is 1.85. The summed E-state index contributed by atoms with van der Waals surface area (Å²) >= 11 is 4.64. The largest absolute Gasteiger partial charge is 0.497 e. The monoisotopic (exact) mass is 249 g/mol. The molecule has 90 valence electrons. The molecule has 0 saturated carbocycles. The van der Waals surface area contributed by atoms with Gasteiger partial charge in [-0.3, -0.25) is 5.43 Å². The molecule has 0 fully saturated rings. The van der Waals surface area contributed by atoms with E-state index in [0.717, 1.165) is 17.0 Å². The number of hydrogen-bond donors (Lipinski definition) is 2. The average Bonchev–Trinajstić information content (AvgIpc) is 2.34. The van der Waals surface area contributed by atoms with Crippen molar-refractivity contribution in [2.24, 2.45) is 10.8 Å². The molecule has 0 spiro atoms. The Kier molecular flexibility index (Phi) is 5.16. The maximum Gasteiger partial charge on any atom is 0.184 e. The quantitative estimate of drug-likeness (QED) is 0.486. The Hall–Kier alpha value is -1.88. The van der Waals surface area contributed by atoms with Gasteiger partial charge in [-0.1, -0.05) is 18.2 Å². The molecule has 4 nitrogen and oxygen atoms in total. The van der Waals surface area contributed by atoms with Crippen molar-refractivity contribution in [1.29, 1.82) is 0 Å². The number of nitrogens with two attached hydrogens (primary N) is 1. The van der Waals surface area contributed by atoms with Crippen molar-refractivity contribution in [3.63, 3.8) is 0 Å². The van der Waals surface area contributed by atoms with Crippen LogP contribution in [0.25, 0.3) is 6.08 Å². The molecular formula is C12H15N3OS. The molecule has 0 aliphatic rings. The first-order valence-corrected chi connectivity index (χ1v) is 5.44. The molecule has 0 heterocycles. The molecule has 1 rings (SSSR count). The Morgan fingerprint density at radius 3 is 2.94 bits per heavy atom. The highest BCUT2D eigenvalue weighted by Gasteiger charge is 1.92. The summed E-state index contributed by atoms with van der Waals surface area (Å²) in [5, 5.41) is 4.12. The highest BCUT2D eigenvalue weighted by Crippen LogP contribution is 2.13. The number of nitrogens with one attached hydrogen (secondary N) is 1. The van der Waals surface area contributed by atoms with Gasteiger partial charge in [0.2, 0.25) is 0 Å². The lowest BCUT2D eigenvalue weighted by molar-refractivity contribution is 0.414. The molecule has 0 aliphatic carbocycles. The lowest BCUT2D eigenvalue weighted by atomic mass is 10.2. The number of hydrogen-bond acceptors (Lipinski definition) is 3. The van der Waals surface area contributed by atoms with Gasteiger partial charge in [0, 0.05) is 0 Å². The highest BCUT2D eigenvalue weighted by molar-refractivity contribution is 7.80. The van der Waals surface area contributed by atoms with Crippen LogP contribution >= 0.6 is 12.2 Å². The summed E-state index contributed by atoms with van der Waals surface area (Å²) in [4.78, 5) is 0. The second-order valence-electron chi connectivity index (χ2n) is 3.34. The smallest absolute Gasteiger partial charge is 0.184 e. The summed E-state index contributed by atoms with van der Waals surface area (Å²) in [7, 11) is 1.64. The number of hydrazone groups is 1. The van der Waals surface area contributed by atoms with Gasteiger partial charge in [-0.25, -0.2) is 0 Å². The molecule has 0 amide bonds. The van der Waals surface area contributed by atoms with E-state index in [-0.39, 0.29) is 5.11 Å². The summed E-state index contributed by atoms with van der Waals surface area (Å²) in [5.41, 5.74) is 9.60. The molecule has 0 aromatic heterocycles. The number of rotatable bonds is 4. The topological polar surface area (TPSA) is 59.6 Å². The van der Waals surface area contributed by atoms with Crippen molar-refractivity contribution >= 4 is 29.1 Å². The second-order valence-corrected chi connectivity index (χ2v) is 3.78. The Bertz CT molecular complexity index is 455. The van der Waals surface area contributed by atoms with Gasteiger partial charge in [0.15, 0.2) is 5.11 Å². The van der Waals surface area contributed by atoms with E-state index >= 15 is 0 Å². The SMILES string of the molecule is COc1cccc(C=C/C(C)=N/NC(N)=S)c1. The van der Waals surface area contributed by atoms with E-state index in [1.165, 1.54) is 0 Å². The van der Waals surface area contributed by atoms with Gasteiger partial charge in [-0.15, -0.1) is 0 Å². The lowest BCUT2D eigenvalue weighted by Gasteiger charge is -2.00. The number of thiocarbonyl (C=S) groups is 1. The van der Waals surface area contributed by atoms with Crippen molar-refractivity contribution in [2.75, 3.05) is 7.11 Å². The van der Waals surface area contributed by atoms with Crippen LogP contribution in [0.4, 0.5) is 0 Å². The van der Waals surface area contributed by atoms with Gasteiger partial charge in [-0.2, -0.15) is 5.10 Å². The van der Waals surface area contributed by atoms with Crippen LogP contribution < -0.4 is 15.9 Å². The van der Waals surface area contributed by atoms with E-state index in [1.54, 1.807) is 7.11 Å². The van der Waals surface area contributed by atoms with E-state index < -0.39 is 0 Å². The van der Waals surface area contributed by atoms with Crippen LogP contribution in [0, 0.1) is 0 Å². The van der Waals surface area contributed by atoms with Crippen molar-refractivity contribution in [2.45, 2.75) is 6.92 Å². The van der Waals surface area contributed by atoms with Gasteiger partial charge in [-0.05, 0) is 42.9 Å². The maximum absolute atomic E-state index is 5.26. The fourth-order valence-electron chi connectivity index (χ4n) is 1.14. The van der Waals surface area contributed by atoms with E-state index in [4.69, 9.17) is 10.5 Å². The molecule has 5 heteroatoms. The van der Waals surface area contributed by atoms with Crippen LogP contribution in [0.2, 0.25) is 0 Å². The van der Waals surface area contributed by atoms with Crippen LogP contribution in [0.1, 0.15) is 12.5 Å². The lowest BCUT2D eigenvalue weighted by Crippen LogP contribution is -2.24. The Morgan fingerprint density at radius 2 is 2.29 bits per heavy atom. The van der Waals surface area contributed by atoms with E-state index in [1.807, 2.05) is 43.3 Å². The molecule has 1 aromatic rings. The predicted molar refractivity (Wildman–Crippen MR) is 75.1 cm³/mol. The first-order chi connectivity index (χ1) is 8.11. The van der Waals surface area contributed by atoms with Crippen molar-refractivity contribution in [3.8, 4) is 5.75 Å². The third kappa shape index (κ3) is 5.12. The van der Waals surface area contributed by atoms with E-state index in [2.05, 4.69) is 22.7 Å². The van der Waals surface area contributed by atoms with Crippen LogP contribution in [0.5, 0.6) is 5.75 Å². The minimum Gasteiger partial charge on any atom is -0.497 e. The summed E-state index contributed by atoms with van der Waals surface area (Å²) in [6.07, 6.45) is 3.79. The molecule has 0 radical (unpaired) electrons. The molecule has 0 saturated heterocycles. The van der Waals surface area contributed by atoms with Gasteiger partial charge in [0.25, 0.3) is 0 Å². The first-order valence-electron chi connectivity index (χ1n) is 5.03. The predicted octanol–water partition coefficient (Wildman–Crippen LogP) is 1.92. The average molecular weight is 249 g/mol. The fraction of sp³-hybridized carbons (Fsp3) is 0.167. The number of ether oxygens (including phenoxy) is 1. The molecular weight excluding hydrogens is 234 g/mol. The summed E-state index contributed by atoms with van der Waals surface area (Å²) in [5.74, 6) is 0.822. The van der Waals surface area contributed by atoms with Gasteiger partial charge < -0.3 is 10.5 Å². The Labute approximate surface area is 106 Å². The van der Waals surface area contributed by atoms with Crippen molar-refractivity contribution in [1.82, 2.24) is 5.43 Å². The fourth-order valence-corrected chi connectivity index (χ4v) is 1.19. The molecule has 1 aromatic carbocycles. The number of benzene rings is 1. The van der Waals surface area contributed by atoms with Crippen LogP contribution in [0.3, 0.4) is 0 Å². The summed E-state index contributed by atoms with van der Waals surface area (Å²) < 4.78 is 5.13. The third-order valence-electron chi connectivity index (χ3n) is 1.95. The standard InChI is InChI=1S/C12H15N3OS/c1-9(14-15-12(13)17)6-7-10-4-3-5-11(8-10)16-2/h3-8H,1-2H3,(H3,13,15,17)/b7-6?,14-9+. The Balaban J connectivity index is 2.69. The van der Waals surface area contributed by atoms with Crippen LogP contribution in [-0.4, -0.2) is 17.9 Å². The minimum absolute atomic E-state index is 0.152. The van der Waals surface area contributed by atoms with Gasteiger partial charge in [0.05, 0.1) is 12.8 Å². The molecule has 0 unspecified atom stereocenters. The number of methoxy groups -OCH3 is 1. The molecule has 0 atom stereocenters. The summed E-state index contributed by atoms with van der Waals surface area (Å²) in [6, 6.07) is 7.74. The van der Waals surface area contributed by atoms with Crippen molar-refractivity contribution in [3.05, 3.63) is 35.9 Å². The molecule has 3 N–H and O–H groups in total. The van der Waals surface area contributed by atoms with Crippen LogP contribution in [0.15, 0.2) is 35.4 Å². The second kappa shape index (κ2) is 6.65. The van der Waals surface area contributed by atoms with E-state index in [9.17, 15) is 0 Å². The van der Waals surface area contributed by atoms with E-state index in [0.29, 0.717) is 0 Å². The number of nitrogens with zero attached hydrogens (tertiary/aromatic N) is 1. The van der Waals surface area contributed by atoms with Gasteiger partial charge in [0.1, 0.15) is 5.75 Å².